The Hall–Kier alpha value is -2.48. The fraction of sp³-hybridized carbons (Fsp3) is 0.526. The number of aryl methyl sites for hydroxylation is 1. The van der Waals surface area contributed by atoms with Gasteiger partial charge >= 0.3 is 0 Å². The van der Waals surface area contributed by atoms with Gasteiger partial charge in [0.1, 0.15) is 0 Å². The molecule has 144 valence electrons. The molecule has 4 heterocycles. The Morgan fingerprint density at radius 1 is 1.26 bits per heavy atom. The number of carbonyl (C=O) groups excluding carboxylic acids is 1. The van der Waals surface area contributed by atoms with Crippen LogP contribution in [-0.4, -0.2) is 64.0 Å². The van der Waals surface area contributed by atoms with Gasteiger partial charge in [0.2, 0.25) is 5.91 Å². The lowest BCUT2D eigenvalue weighted by atomic mass is 9.89. The zero-order valence-corrected chi connectivity index (χ0v) is 15.3. The van der Waals surface area contributed by atoms with Crippen molar-refractivity contribution in [1.29, 1.82) is 0 Å². The molecule has 2 fully saturated rings. The van der Waals surface area contributed by atoms with Crippen LogP contribution in [0.5, 0.6) is 0 Å². The highest BCUT2D eigenvalue weighted by molar-refractivity contribution is 5.76. The van der Waals surface area contributed by atoms with E-state index in [9.17, 15) is 9.18 Å². The third kappa shape index (κ3) is 3.95. The van der Waals surface area contributed by atoms with Gasteiger partial charge in [0.05, 0.1) is 24.1 Å². The van der Waals surface area contributed by atoms with Gasteiger partial charge in [0.15, 0.2) is 5.82 Å². The summed E-state index contributed by atoms with van der Waals surface area (Å²) >= 11 is 0. The topological polar surface area (TPSA) is 63.5 Å². The SMILES string of the molecule is O=C(CCn1cccn1)N1CCC2(CC1)CN(c1ccncc1F)CCO2. The van der Waals surface area contributed by atoms with Crippen molar-refractivity contribution in [3.8, 4) is 0 Å². The smallest absolute Gasteiger partial charge is 0.224 e. The Morgan fingerprint density at radius 3 is 2.85 bits per heavy atom. The molecule has 0 N–H and O–H groups in total. The van der Waals surface area contributed by atoms with Crippen LogP contribution in [-0.2, 0) is 16.1 Å². The lowest BCUT2D eigenvalue weighted by Crippen LogP contribution is -2.57. The fourth-order valence-electron chi connectivity index (χ4n) is 3.94. The van der Waals surface area contributed by atoms with Crippen LogP contribution in [0.3, 0.4) is 0 Å². The van der Waals surface area contributed by atoms with Gasteiger partial charge in [-0.15, -0.1) is 0 Å². The van der Waals surface area contributed by atoms with Crippen molar-refractivity contribution in [3.05, 3.63) is 42.7 Å². The zero-order chi connectivity index (χ0) is 18.7. The number of aromatic nitrogens is 3. The predicted octanol–water partition coefficient (Wildman–Crippen LogP) is 1.71. The zero-order valence-electron chi connectivity index (χ0n) is 15.3. The van der Waals surface area contributed by atoms with Crippen molar-refractivity contribution in [2.45, 2.75) is 31.4 Å². The first-order valence-corrected chi connectivity index (χ1v) is 9.39. The largest absolute Gasteiger partial charge is 0.371 e. The average molecular weight is 373 g/mol. The summed E-state index contributed by atoms with van der Waals surface area (Å²) in [5.41, 5.74) is 0.262. The van der Waals surface area contributed by atoms with Crippen molar-refractivity contribution in [3.63, 3.8) is 0 Å². The van der Waals surface area contributed by atoms with Crippen LogP contribution < -0.4 is 4.90 Å². The van der Waals surface area contributed by atoms with Gasteiger partial charge in [-0.1, -0.05) is 0 Å². The molecule has 0 aromatic carbocycles. The van der Waals surface area contributed by atoms with E-state index in [1.54, 1.807) is 23.1 Å². The van der Waals surface area contributed by atoms with E-state index in [1.807, 2.05) is 22.1 Å². The van der Waals surface area contributed by atoms with Gasteiger partial charge in [-0.05, 0) is 25.0 Å². The summed E-state index contributed by atoms with van der Waals surface area (Å²) in [5.74, 6) is -0.158. The summed E-state index contributed by atoms with van der Waals surface area (Å²) in [6.07, 6.45) is 8.42. The van der Waals surface area contributed by atoms with E-state index in [-0.39, 0.29) is 17.3 Å². The average Bonchev–Trinajstić information content (AvgIpc) is 3.21. The highest BCUT2D eigenvalue weighted by Crippen LogP contribution is 2.33. The standard InChI is InChI=1S/C19H24FN5O2/c20-16-14-21-7-2-17(16)24-12-13-27-19(15-24)4-10-23(11-5-19)18(26)3-9-25-8-1-6-22-25/h1-2,6-8,14H,3-5,9-13,15H2. The van der Waals surface area contributed by atoms with Crippen LogP contribution in [0.4, 0.5) is 10.1 Å². The van der Waals surface area contributed by atoms with Crippen molar-refractivity contribution >= 4 is 11.6 Å². The van der Waals surface area contributed by atoms with E-state index >= 15 is 0 Å². The molecule has 0 atom stereocenters. The van der Waals surface area contributed by atoms with Crippen LogP contribution in [0.15, 0.2) is 36.9 Å². The number of nitrogens with zero attached hydrogens (tertiary/aromatic N) is 5. The summed E-state index contributed by atoms with van der Waals surface area (Å²) < 4.78 is 22.0. The molecule has 1 amide bonds. The lowest BCUT2D eigenvalue weighted by molar-refractivity contribution is -0.139. The molecule has 4 rings (SSSR count). The molecule has 1 spiro atoms. The van der Waals surface area contributed by atoms with E-state index in [0.717, 1.165) is 12.8 Å². The minimum absolute atomic E-state index is 0.146. The Kier molecular flexibility index (Phi) is 5.07. The number of carbonyl (C=O) groups is 1. The second kappa shape index (κ2) is 7.64. The van der Waals surface area contributed by atoms with Crippen LogP contribution >= 0.6 is 0 Å². The number of hydrogen-bond donors (Lipinski definition) is 0. The molecule has 7 nitrogen and oxygen atoms in total. The Bertz CT molecular complexity index is 774. The van der Waals surface area contributed by atoms with Crippen molar-refractivity contribution in [2.24, 2.45) is 0 Å². The summed E-state index contributed by atoms with van der Waals surface area (Å²) in [6, 6.07) is 3.56. The first kappa shape index (κ1) is 17.9. The molecule has 0 bridgehead atoms. The molecular weight excluding hydrogens is 349 g/mol. The fourth-order valence-corrected chi connectivity index (χ4v) is 3.94. The molecule has 0 aliphatic carbocycles. The van der Waals surface area contributed by atoms with Crippen LogP contribution in [0.25, 0.3) is 0 Å². The molecule has 2 aromatic rings. The van der Waals surface area contributed by atoms with Crippen LogP contribution in [0.1, 0.15) is 19.3 Å². The van der Waals surface area contributed by atoms with Gasteiger partial charge in [-0.3, -0.25) is 14.5 Å². The molecular formula is C19H24FN5O2. The van der Waals surface area contributed by atoms with Gasteiger partial charge in [0, 0.05) is 57.7 Å². The van der Waals surface area contributed by atoms with E-state index < -0.39 is 0 Å². The number of amides is 1. The third-order valence-corrected chi connectivity index (χ3v) is 5.48. The van der Waals surface area contributed by atoms with Crippen molar-refractivity contribution in [2.75, 3.05) is 37.7 Å². The van der Waals surface area contributed by atoms with Crippen LogP contribution in [0, 0.1) is 5.82 Å². The Balaban J connectivity index is 1.33. The summed E-state index contributed by atoms with van der Waals surface area (Å²) in [6.45, 7) is 3.81. The summed E-state index contributed by atoms with van der Waals surface area (Å²) in [5, 5.41) is 4.13. The normalized spacial score (nSPS) is 19.4. The number of piperidine rings is 1. The highest BCUT2D eigenvalue weighted by Gasteiger charge is 2.41. The first-order chi connectivity index (χ1) is 13.2. The minimum Gasteiger partial charge on any atom is -0.371 e. The maximum Gasteiger partial charge on any atom is 0.224 e. The van der Waals surface area contributed by atoms with Gasteiger partial charge < -0.3 is 14.5 Å². The number of halogens is 1. The monoisotopic (exact) mass is 373 g/mol. The number of hydrogen-bond acceptors (Lipinski definition) is 5. The van der Waals surface area contributed by atoms with E-state index in [2.05, 4.69) is 10.1 Å². The second-order valence-electron chi connectivity index (χ2n) is 7.18. The van der Waals surface area contributed by atoms with Gasteiger partial charge in [-0.25, -0.2) is 4.39 Å². The number of rotatable bonds is 4. The number of likely N-dealkylation sites (tertiary alicyclic amines) is 1. The molecule has 2 aliphatic rings. The minimum atomic E-state index is -0.313. The summed E-state index contributed by atoms with van der Waals surface area (Å²) in [4.78, 5) is 20.2. The molecule has 2 aliphatic heterocycles. The first-order valence-electron chi connectivity index (χ1n) is 9.39. The molecule has 0 radical (unpaired) electrons. The van der Waals surface area contributed by atoms with E-state index in [4.69, 9.17) is 4.74 Å². The third-order valence-electron chi connectivity index (χ3n) is 5.48. The molecule has 2 saturated heterocycles. The van der Waals surface area contributed by atoms with E-state index in [1.165, 1.54) is 6.20 Å². The maximum absolute atomic E-state index is 14.1. The number of ether oxygens (including phenoxy) is 1. The lowest BCUT2D eigenvalue weighted by Gasteiger charge is -2.48. The number of pyridine rings is 1. The van der Waals surface area contributed by atoms with Crippen molar-refractivity contribution in [1.82, 2.24) is 19.7 Å². The van der Waals surface area contributed by atoms with E-state index in [0.29, 0.717) is 51.4 Å². The second-order valence-corrected chi connectivity index (χ2v) is 7.18. The van der Waals surface area contributed by atoms with Crippen LogP contribution in [0.2, 0.25) is 0 Å². The quantitative estimate of drug-likeness (QED) is 0.816. The predicted molar refractivity (Wildman–Crippen MR) is 97.7 cm³/mol. The highest BCUT2D eigenvalue weighted by atomic mass is 19.1. The molecule has 2 aromatic heterocycles. The maximum atomic E-state index is 14.1. The molecule has 27 heavy (non-hydrogen) atoms. The number of morpholine rings is 1. The summed E-state index contributed by atoms with van der Waals surface area (Å²) in [7, 11) is 0. The molecule has 0 saturated carbocycles. The number of anilines is 1. The Morgan fingerprint density at radius 2 is 2.11 bits per heavy atom. The van der Waals surface area contributed by atoms with Gasteiger partial charge in [-0.2, -0.15) is 5.10 Å². The molecule has 0 unspecified atom stereocenters. The molecule has 8 heteroatoms. The van der Waals surface area contributed by atoms with Crippen molar-refractivity contribution < 1.29 is 13.9 Å². The van der Waals surface area contributed by atoms with Gasteiger partial charge in [0.25, 0.3) is 0 Å². The Labute approximate surface area is 157 Å².